The average Bonchev–Trinajstić information content (AvgIpc) is 2.65. The van der Waals surface area contributed by atoms with E-state index in [-0.39, 0.29) is 23.2 Å². The monoisotopic (exact) mass is 381 g/mol. The quantitative estimate of drug-likeness (QED) is 0.474. The molecule has 0 N–H and O–H groups in total. The van der Waals surface area contributed by atoms with Crippen LogP contribution in [-0.2, 0) is 4.84 Å². The van der Waals surface area contributed by atoms with Crippen LogP contribution in [0.1, 0.15) is 75.9 Å². The van der Waals surface area contributed by atoms with Crippen LogP contribution >= 0.6 is 0 Å². The van der Waals surface area contributed by atoms with Crippen LogP contribution in [0, 0.1) is 0 Å². The molecule has 1 unspecified atom stereocenters. The Morgan fingerprint density at radius 1 is 0.929 bits per heavy atom. The number of benzene rings is 2. The molecule has 0 radical (unpaired) electrons. The number of esters is 1. The summed E-state index contributed by atoms with van der Waals surface area (Å²) in [4.78, 5) is 18.7. The lowest BCUT2D eigenvalue weighted by Gasteiger charge is -2.52. The van der Waals surface area contributed by atoms with Gasteiger partial charge >= 0.3 is 5.97 Å². The molecule has 1 aliphatic heterocycles. The molecule has 4 nitrogen and oxygen atoms in total. The lowest BCUT2D eigenvalue weighted by molar-refractivity contribution is -0.304. The molecular formula is C24H31NO3. The predicted molar refractivity (Wildman–Crippen MR) is 111 cm³/mol. The van der Waals surface area contributed by atoms with Crippen molar-refractivity contribution in [3.8, 4) is 5.75 Å². The molecule has 3 rings (SSSR count). The van der Waals surface area contributed by atoms with E-state index in [1.54, 1.807) is 24.3 Å². The molecule has 1 saturated heterocycles. The smallest absolute Gasteiger partial charge is 0.343 e. The van der Waals surface area contributed by atoms with Crippen molar-refractivity contribution in [1.82, 2.24) is 5.06 Å². The zero-order chi connectivity index (χ0) is 20.4. The maximum Gasteiger partial charge on any atom is 0.343 e. The molecule has 0 saturated carbocycles. The van der Waals surface area contributed by atoms with Gasteiger partial charge in [-0.3, -0.25) is 4.84 Å². The van der Waals surface area contributed by atoms with Crippen LogP contribution in [0.3, 0.4) is 0 Å². The van der Waals surface area contributed by atoms with Crippen LogP contribution in [0.4, 0.5) is 0 Å². The Morgan fingerprint density at radius 2 is 1.50 bits per heavy atom. The van der Waals surface area contributed by atoms with Crippen molar-refractivity contribution >= 4 is 5.97 Å². The van der Waals surface area contributed by atoms with Crippen molar-refractivity contribution < 1.29 is 14.4 Å². The van der Waals surface area contributed by atoms with E-state index < -0.39 is 0 Å². The molecule has 4 heteroatoms. The van der Waals surface area contributed by atoms with E-state index >= 15 is 0 Å². The summed E-state index contributed by atoms with van der Waals surface area (Å²) >= 11 is 0. The van der Waals surface area contributed by atoms with Gasteiger partial charge in [0.15, 0.2) is 0 Å². The Balaban J connectivity index is 1.68. The molecule has 1 heterocycles. The number of nitrogens with zero attached hydrogens (tertiary/aromatic N) is 1. The number of piperidine rings is 1. The lowest BCUT2D eigenvalue weighted by Crippen LogP contribution is -2.58. The fourth-order valence-corrected chi connectivity index (χ4v) is 4.03. The van der Waals surface area contributed by atoms with E-state index in [2.05, 4.69) is 39.7 Å². The highest BCUT2D eigenvalue weighted by Gasteiger charge is 2.43. The number of carbonyl (C=O) groups excluding carboxylic acids is 1. The Kier molecular flexibility index (Phi) is 5.92. The summed E-state index contributed by atoms with van der Waals surface area (Å²) < 4.78 is 5.40. The maximum absolute atomic E-state index is 12.3. The van der Waals surface area contributed by atoms with Crippen molar-refractivity contribution in [2.45, 2.75) is 71.1 Å². The van der Waals surface area contributed by atoms with Gasteiger partial charge in [-0.1, -0.05) is 30.3 Å². The van der Waals surface area contributed by atoms with E-state index in [1.165, 1.54) is 6.42 Å². The third-order valence-corrected chi connectivity index (χ3v) is 5.51. The van der Waals surface area contributed by atoms with Gasteiger partial charge in [0.05, 0.1) is 5.56 Å². The molecule has 28 heavy (non-hydrogen) atoms. The Labute approximate surface area is 168 Å². The van der Waals surface area contributed by atoms with E-state index in [0.29, 0.717) is 11.3 Å². The highest BCUT2D eigenvalue weighted by molar-refractivity contribution is 5.91. The first-order valence-corrected chi connectivity index (χ1v) is 10.0. The molecule has 0 aliphatic carbocycles. The van der Waals surface area contributed by atoms with Crippen molar-refractivity contribution in [3.05, 3.63) is 65.7 Å². The highest BCUT2D eigenvalue weighted by atomic mass is 16.7. The summed E-state index contributed by atoms with van der Waals surface area (Å²) in [7, 11) is 0. The van der Waals surface area contributed by atoms with E-state index in [1.807, 2.05) is 30.3 Å². The Bertz CT molecular complexity index is 780. The van der Waals surface area contributed by atoms with Crippen LogP contribution in [0.5, 0.6) is 5.75 Å². The first kappa shape index (κ1) is 20.6. The predicted octanol–water partition coefficient (Wildman–Crippen LogP) is 5.94. The molecule has 1 aliphatic rings. The second-order valence-corrected chi connectivity index (χ2v) is 8.85. The average molecular weight is 382 g/mol. The standard InChI is InChI=1S/C24H31NO3/c1-18(28-25-23(2,3)16-9-17-24(25,4)5)19-12-14-20(15-13-19)22(26)27-21-10-7-6-8-11-21/h6-8,10-15,18H,9,16-17H2,1-5H3. The van der Waals surface area contributed by atoms with Crippen molar-refractivity contribution in [2.24, 2.45) is 0 Å². The number of hydrogen-bond donors (Lipinski definition) is 0. The molecular weight excluding hydrogens is 350 g/mol. The topological polar surface area (TPSA) is 38.8 Å². The molecule has 150 valence electrons. The number of hydrogen-bond acceptors (Lipinski definition) is 4. The van der Waals surface area contributed by atoms with Crippen molar-refractivity contribution in [3.63, 3.8) is 0 Å². The summed E-state index contributed by atoms with van der Waals surface area (Å²) in [6.07, 6.45) is 3.35. The second-order valence-electron chi connectivity index (χ2n) is 8.85. The SMILES string of the molecule is CC(ON1C(C)(C)CCCC1(C)C)c1ccc(C(=O)Oc2ccccc2)cc1. The summed E-state index contributed by atoms with van der Waals surface area (Å²) in [5.41, 5.74) is 1.55. The number of ether oxygens (including phenoxy) is 1. The van der Waals surface area contributed by atoms with E-state index in [9.17, 15) is 4.79 Å². The Morgan fingerprint density at radius 3 is 2.07 bits per heavy atom. The molecule has 0 bridgehead atoms. The van der Waals surface area contributed by atoms with Gasteiger partial charge in [0.1, 0.15) is 11.9 Å². The highest BCUT2D eigenvalue weighted by Crippen LogP contribution is 2.40. The van der Waals surface area contributed by atoms with Crippen LogP contribution < -0.4 is 4.74 Å². The summed E-state index contributed by atoms with van der Waals surface area (Å²) in [5.74, 6) is 0.187. The molecule has 0 spiro atoms. The zero-order valence-electron chi connectivity index (χ0n) is 17.6. The van der Waals surface area contributed by atoms with Gasteiger partial charge in [0.25, 0.3) is 0 Å². The van der Waals surface area contributed by atoms with Gasteiger partial charge in [-0.25, -0.2) is 4.79 Å². The molecule has 0 amide bonds. The molecule has 1 fully saturated rings. The number of carbonyl (C=O) groups is 1. The van der Waals surface area contributed by atoms with Gasteiger partial charge in [-0.05, 0) is 83.7 Å². The van der Waals surface area contributed by atoms with Crippen LogP contribution in [0.2, 0.25) is 0 Å². The Hall–Kier alpha value is -2.17. The first-order valence-electron chi connectivity index (χ1n) is 10.0. The largest absolute Gasteiger partial charge is 0.423 e. The van der Waals surface area contributed by atoms with Crippen molar-refractivity contribution in [2.75, 3.05) is 0 Å². The van der Waals surface area contributed by atoms with Crippen LogP contribution in [-0.4, -0.2) is 22.1 Å². The molecule has 1 atom stereocenters. The third kappa shape index (κ3) is 4.62. The van der Waals surface area contributed by atoms with Gasteiger partial charge in [-0.15, -0.1) is 0 Å². The van der Waals surface area contributed by atoms with Gasteiger partial charge < -0.3 is 4.74 Å². The summed E-state index contributed by atoms with van der Waals surface area (Å²) in [5, 5.41) is 2.17. The minimum Gasteiger partial charge on any atom is -0.423 e. The number of hydroxylamine groups is 2. The first-order chi connectivity index (χ1) is 13.2. The molecule has 2 aromatic carbocycles. The van der Waals surface area contributed by atoms with E-state index in [0.717, 1.165) is 18.4 Å². The minimum absolute atomic E-state index is 0.00452. The maximum atomic E-state index is 12.3. The van der Waals surface area contributed by atoms with Gasteiger partial charge in [-0.2, -0.15) is 5.06 Å². The van der Waals surface area contributed by atoms with Crippen LogP contribution in [0.15, 0.2) is 54.6 Å². The normalized spacial score (nSPS) is 19.8. The fraction of sp³-hybridized carbons (Fsp3) is 0.458. The lowest BCUT2D eigenvalue weighted by atomic mass is 9.82. The van der Waals surface area contributed by atoms with Gasteiger partial charge in [0, 0.05) is 11.1 Å². The van der Waals surface area contributed by atoms with Gasteiger partial charge in [0.2, 0.25) is 0 Å². The van der Waals surface area contributed by atoms with E-state index in [4.69, 9.17) is 9.57 Å². The van der Waals surface area contributed by atoms with Crippen molar-refractivity contribution in [1.29, 1.82) is 0 Å². The minimum atomic E-state index is -0.357. The van der Waals surface area contributed by atoms with Crippen LogP contribution in [0.25, 0.3) is 0 Å². The zero-order valence-corrected chi connectivity index (χ0v) is 17.6. The fourth-order valence-electron chi connectivity index (χ4n) is 4.03. The number of para-hydroxylation sites is 1. The summed E-state index contributed by atoms with van der Waals surface area (Å²) in [6, 6.07) is 16.6. The molecule has 0 aromatic heterocycles. The second kappa shape index (κ2) is 8.06. The molecule has 2 aromatic rings. The third-order valence-electron chi connectivity index (χ3n) is 5.51. The summed E-state index contributed by atoms with van der Waals surface area (Å²) in [6.45, 7) is 11.0. The number of rotatable bonds is 5.